The second-order valence-corrected chi connectivity index (χ2v) is 8.52. The van der Waals surface area contributed by atoms with E-state index < -0.39 is 5.92 Å². The fourth-order valence-corrected chi connectivity index (χ4v) is 4.52. The van der Waals surface area contributed by atoms with Gasteiger partial charge in [0.25, 0.3) is 5.56 Å². The quantitative estimate of drug-likeness (QED) is 0.289. The summed E-state index contributed by atoms with van der Waals surface area (Å²) in [6, 6.07) is 13.9. The number of aromatic amines is 1. The number of hydrogen-bond donors (Lipinski definition) is 2. The van der Waals surface area contributed by atoms with Gasteiger partial charge in [0.05, 0.1) is 12.2 Å². The predicted octanol–water partition coefficient (Wildman–Crippen LogP) is 4.85. The van der Waals surface area contributed by atoms with Crippen LogP contribution in [0, 0.1) is 5.82 Å². The summed E-state index contributed by atoms with van der Waals surface area (Å²) in [5.74, 6) is 0.235. The Kier molecular flexibility index (Phi) is 6.90. The molecule has 1 aromatic heterocycles. The maximum absolute atomic E-state index is 13.9. The van der Waals surface area contributed by atoms with Crippen LogP contribution in [0.1, 0.15) is 48.8 Å². The van der Waals surface area contributed by atoms with Crippen LogP contribution in [0.2, 0.25) is 0 Å². The van der Waals surface area contributed by atoms with Crippen LogP contribution in [0.5, 0.6) is 5.75 Å². The predicted molar refractivity (Wildman–Crippen MR) is 123 cm³/mol. The summed E-state index contributed by atoms with van der Waals surface area (Å²) in [7, 11) is 0. The Labute approximate surface area is 189 Å². The zero-order valence-electron chi connectivity index (χ0n) is 17.7. The molecule has 4 rings (SSSR count). The summed E-state index contributed by atoms with van der Waals surface area (Å²) in [6.07, 6.45) is 2.06. The third kappa shape index (κ3) is 4.85. The Balaban J connectivity index is 1.64. The molecule has 0 bridgehead atoms. The Morgan fingerprint density at radius 1 is 1.16 bits per heavy atom. The molecule has 2 N–H and O–H groups in total. The standard InChI is InChI=1S/C24H24FN3O3S/c1-2-3-12-31-19-11-7-5-9-16(19)17-13-20(29)26-22-21(17)23(30)28-24(27-22)32-14-15-8-4-6-10-18(15)25/h4-11,17H,2-3,12-14H2,1H3,(H2,26,27,28,29,30). The fourth-order valence-electron chi connectivity index (χ4n) is 3.67. The van der Waals surface area contributed by atoms with Crippen molar-refractivity contribution in [2.24, 2.45) is 0 Å². The molecular formula is C24H24FN3O3S. The molecule has 3 aromatic rings. The molecule has 0 saturated heterocycles. The zero-order valence-corrected chi connectivity index (χ0v) is 18.5. The molecular weight excluding hydrogens is 429 g/mol. The second kappa shape index (κ2) is 9.99. The van der Waals surface area contributed by atoms with Crippen molar-refractivity contribution < 1.29 is 13.9 Å². The summed E-state index contributed by atoms with van der Waals surface area (Å²) in [5.41, 5.74) is 1.39. The smallest absolute Gasteiger partial charge is 0.257 e. The van der Waals surface area contributed by atoms with Crippen molar-refractivity contribution in [1.29, 1.82) is 0 Å². The molecule has 166 valence electrons. The summed E-state index contributed by atoms with van der Waals surface area (Å²) < 4.78 is 19.8. The van der Waals surface area contributed by atoms with Crippen LogP contribution in [-0.4, -0.2) is 22.5 Å². The number of nitrogens with zero attached hydrogens (tertiary/aromatic N) is 1. The van der Waals surface area contributed by atoms with Crippen molar-refractivity contribution in [2.45, 2.75) is 43.0 Å². The maximum Gasteiger partial charge on any atom is 0.257 e. The third-order valence-electron chi connectivity index (χ3n) is 5.30. The number of anilines is 1. The SMILES string of the molecule is CCCCOc1ccccc1C1CC(=O)Nc2nc(SCc3ccccc3F)[nH]c(=O)c21. The van der Waals surface area contributed by atoms with Crippen molar-refractivity contribution in [2.75, 3.05) is 11.9 Å². The van der Waals surface area contributed by atoms with Gasteiger partial charge in [-0.25, -0.2) is 9.37 Å². The second-order valence-electron chi connectivity index (χ2n) is 7.56. The average Bonchev–Trinajstić information content (AvgIpc) is 2.78. The summed E-state index contributed by atoms with van der Waals surface area (Å²) >= 11 is 1.21. The first-order valence-corrected chi connectivity index (χ1v) is 11.6. The molecule has 2 aromatic carbocycles. The van der Waals surface area contributed by atoms with E-state index >= 15 is 0 Å². The highest BCUT2D eigenvalue weighted by Crippen LogP contribution is 2.38. The molecule has 0 radical (unpaired) electrons. The number of carbonyl (C=O) groups excluding carboxylic acids is 1. The maximum atomic E-state index is 13.9. The van der Waals surface area contributed by atoms with E-state index in [9.17, 15) is 14.0 Å². The zero-order chi connectivity index (χ0) is 22.5. The van der Waals surface area contributed by atoms with Gasteiger partial charge in [0.15, 0.2) is 5.16 Å². The Bertz CT molecular complexity index is 1180. The van der Waals surface area contributed by atoms with Gasteiger partial charge in [-0.1, -0.05) is 61.5 Å². The summed E-state index contributed by atoms with van der Waals surface area (Å²) in [5, 5.41) is 3.05. The molecule has 0 spiro atoms. The molecule has 1 aliphatic rings. The average molecular weight is 454 g/mol. The largest absolute Gasteiger partial charge is 0.493 e. The van der Waals surface area contributed by atoms with Gasteiger partial charge in [0, 0.05) is 23.7 Å². The molecule has 1 amide bonds. The molecule has 2 heterocycles. The van der Waals surface area contributed by atoms with Gasteiger partial charge in [0.1, 0.15) is 17.4 Å². The minimum Gasteiger partial charge on any atom is -0.493 e. The van der Waals surface area contributed by atoms with Gasteiger partial charge >= 0.3 is 0 Å². The third-order valence-corrected chi connectivity index (χ3v) is 6.22. The van der Waals surface area contributed by atoms with Crippen molar-refractivity contribution in [3.8, 4) is 5.75 Å². The number of benzene rings is 2. The molecule has 0 aliphatic carbocycles. The number of para-hydroxylation sites is 1. The van der Waals surface area contributed by atoms with Gasteiger partial charge in [-0.3, -0.25) is 9.59 Å². The number of unbranched alkanes of at least 4 members (excludes halogenated alkanes) is 1. The molecule has 1 unspecified atom stereocenters. The molecule has 0 fully saturated rings. The molecule has 1 atom stereocenters. The van der Waals surface area contributed by atoms with Crippen LogP contribution in [-0.2, 0) is 10.5 Å². The molecule has 1 aliphatic heterocycles. The number of nitrogens with one attached hydrogen (secondary N) is 2. The molecule has 0 saturated carbocycles. The number of ether oxygens (including phenoxy) is 1. The van der Waals surface area contributed by atoms with E-state index in [-0.39, 0.29) is 29.5 Å². The lowest BCUT2D eigenvalue weighted by atomic mass is 9.86. The van der Waals surface area contributed by atoms with E-state index in [1.165, 1.54) is 17.8 Å². The van der Waals surface area contributed by atoms with Gasteiger partial charge in [-0.2, -0.15) is 0 Å². The first kappa shape index (κ1) is 22.1. The van der Waals surface area contributed by atoms with Crippen LogP contribution in [0.3, 0.4) is 0 Å². The van der Waals surface area contributed by atoms with Crippen LogP contribution in [0.15, 0.2) is 58.5 Å². The van der Waals surface area contributed by atoms with Crippen LogP contribution >= 0.6 is 11.8 Å². The van der Waals surface area contributed by atoms with Gasteiger partial charge in [-0.05, 0) is 24.1 Å². The molecule has 6 nitrogen and oxygen atoms in total. The van der Waals surface area contributed by atoms with E-state index in [0.29, 0.717) is 34.4 Å². The van der Waals surface area contributed by atoms with Gasteiger partial charge in [0.2, 0.25) is 5.91 Å². The number of aromatic nitrogens is 2. The highest BCUT2D eigenvalue weighted by atomic mass is 32.2. The summed E-state index contributed by atoms with van der Waals surface area (Å²) in [4.78, 5) is 32.8. The van der Waals surface area contributed by atoms with Gasteiger partial charge < -0.3 is 15.0 Å². The lowest BCUT2D eigenvalue weighted by molar-refractivity contribution is -0.116. The van der Waals surface area contributed by atoms with E-state index in [1.807, 2.05) is 24.3 Å². The first-order chi connectivity index (χ1) is 15.6. The van der Waals surface area contributed by atoms with Crippen LogP contribution in [0.4, 0.5) is 10.2 Å². The Morgan fingerprint density at radius 2 is 1.94 bits per heavy atom. The number of carbonyl (C=O) groups is 1. The number of fused-ring (bicyclic) bond motifs is 1. The minimum atomic E-state index is -0.460. The monoisotopic (exact) mass is 453 g/mol. The van der Waals surface area contributed by atoms with E-state index in [4.69, 9.17) is 4.74 Å². The highest BCUT2D eigenvalue weighted by molar-refractivity contribution is 7.98. The fraction of sp³-hybridized carbons (Fsp3) is 0.292. The minimum absolute atomic E-state index is 0.133. The van der Waals surface area contributed by atoms with E-state index in [2.05, 4.69) is 22.2 Å². The van der Waals surface area contributed by atoms with E-state index in [1.54, 1.807) is 18.2 Å². The highest BCUT2D eigenvalue weighted by Gasteiger charge is 2.32. The number of thioether (sulfide) groups is 1. The van der Waals surface area contributed by atoms with Crippen LogP contribution < -0.4 is 15.6 Å². The van der Waals surface area contributed by atoms with Crippen molar-refractivity contribution in [1.82, 2.24) is 9.97 Å². The normalized spacial score (nSPS) is 15.2. The van der Waals surface area contributed by atoms with E-state index in [0.717, 1.165) is 18.4 Å². The number of H-pyrrole nitrogens is 1. The first-order valence-electron chi connectivity index (χ1n) is 10.6. The molecule has 8 heteroatoms. The number of halogens is 1. The topological polar surface area (TPSA) is 84.1 Å². The molecule has 32 heavy (non-hydrogen) atoms. The van der Waals surface area contributed by atoms with Gasteiger partial charge in [-0.15, -0.1) is 0 Å². The number of amides is 1. The van der Waals surface area contributed by atoms with Crippen molar-refractivity contribution in [3.05, 3.63) is 81.4 Å². The van der Waals surface area contributed by atoms with Crippen LogP contribution in [0.25, 0.3) is 0 Å². The van der Waals surface area contributed by atoms with Crippen molar-refractivity contribution in [3.63, 3.8) is 0 Å². The lowest BCUT2D eigenvalue weighted by Crippen LogP contribution is -2.31. The Morgan fingerprint density at radius 3 is 2.75 bits per heavy atom. The lowest BCUT2D eigenvalue weighted by Gasteiger charge is -2.26. The van der Waals surface area contributed by atoms with Crippen molar-refractivity contribution >= 4 is 23.5 Å². The number of rotatable bonds is 8. The Hall–Kier alpha value is -3.13. The number of hydrogen-bond acceptors (Lipinski definition) is 5. The summed E-state index contributed by atoms with van der Waals surface area (Å²) in [6.45, 7) is 2.66.